The quantitative estimate of drug-likeness (QED) is 0.527. The Morgan fingerprint density at radius 3 is 2.76 bits per heavy atom. The summed E-state index contributed by atoms with van der Waals surface area (Å²) in [5.74, 6) is -0.987. The van der Waals surface area contributed by atoms with Crippen molar-refractivity contribution in [3.05, 3.63) is 33.1 Å². The lowest BCUT2D eigenvalue weighted by molar-refractivity contribution is -0.124. The first-order valence-electron chi connectivity index (χ1n) is 7.81. The molecule has 0 atom stereocenters. The summed E-state index contributed by atoms with van der Waals surface area (Å²) in [5.41, 5.74) is 0. The van der Waals surface area contributed by atoms with Crippen LogP contribution < -0.4 is 5.32 Å². The Hall–Kier alpha value is -1.34. The number of amides is 1. The summed E-state index contributed by atoms with van der Waals surface area (Å²) in [6.07, 6.45) is 0.860. The Morgan fingerprint density at radius 1 is 1.28 bits per heavy atom. The third-order valence-corrected chi connectivity index (χ3v) is 5.08. The zero-order valence-corrected chi connectivity index (χ0v) is 16.3. The number of benzene rings is 1. The molecule has 0 radical (unpaired) electrons. The minimum atomic E-state index is -0.624. The number of carbonyl (C=O) groups is 2. The van der Waals surface area contributed by atoms with E-state index in [1.165, 1.54) is 11.3 Å². The number of esters is 1. The Labute approximate surface area is 160 Å². The van der Waals surface area contributed by atoms with Gasteiger partial charge in [0.1, 0.15) is 4.88 Å². The van der Waals surface area contributed by atoms with Crippen LogP contribution in [0, 0.1) is 0 Å². The molecule has 0 spiro atoms. The van der Waals surface area contributed by atoms with Gasteiger partial charge in [0.25, 0.3) is 5.91 Å². The number of halogens is 2. The van der Waals surface area contributed by atoms with Crippen LogP contribution in [0.2, 0.25) is 10.0 Å². The molecule has 1 heterocycles. The maximum absolute atomic E-state index is 12.1. The van der Waals surface area contributed by atoms with Crippen LogP contribution in [-0.2, 0) is 14.3 Å². The normalized spacial score (nSPS) is 11.1. The Kier molecular flexibility index (Phi) is 7.50. The fraction of sp³-hybridized carbons (Fsp3) is 0.412. The van der Waals surface area contributed by atoms with Crippen molar-refractivity contribution in [1.82, 2.24) is 5.32 Å². The smallest absolute Gasteiger partial charge is 0.350 e. The highest BCUT2D eigenvalue weighted by Crippen LogP contribution is 2.37. The molecule has 0 saturated carbocycles. The molecule has 2 aromatic rings. The Morgan fingerprint density at radius 2 is 2.04 bits per heavy atom. The van der Waals surface area contributed by atoms with E-state index in [-0.39, 0.29) is 23.5 Å². The molecular formula is C17H19Cl2NO4S. The van der Waals surface area contributed by atoms with E-state index >= 15 is 0 Å². The number of nitrogens with one attached hydrogen (secondary N) is 1. The molecule has 0 saturated heterocycles. The average molecular weight is 404 g/mol. The van der Waals surface area contributed by atoms with Gasteiger partial charge < -0.3 is 14.8 Å². The lowest BCUT2D eigenvalue weighted by Crippen LogP contribution is -2.30. The second-order valence-electron chi connectivity index (χ2n) is 5.58. The first-order chi connectivity index (χ1) is 11.9. The molecule has 8 heteroatoms. The molecule has 1 aromatic carbocycles. The van der Waals surface area contributed by atoms with Gasteiger partial charge in [-0.15, -0.1) is 11.3 Å². The number of carbonyl (C=O) groups excluding carboxylic acids is 2. The van der Waals surface area contributed by atoms with Crippen LogP contribution in [0.3, 0.4) is 0 Å². The molecule has 0 unspecified atom stereocenters. The van der Waals surface area contributed by atoms with Gasteiger partial charge in [0.15, 0.2) is 6.61 Å². The molecule has 136 valence electrons. The number of thiophene rings is 1. The third kappa shape index (κ3) is 5.85. The van der Waals surface area contributed by atoms with E-state index in [9.17, 15) is 9.59 Å². The summed E-state index contributed by atoms with van der Waals surface area (Å²) in [6, 6.07) is 5.18. The fourth-order valence-corrected chi connectivity index (χ4v) is 3.72. The van der Waals surface area contributed by atoms with Crippen molar-refractivity contribution in [1.29, 1.82) is 0 Å². The molecule has 0 aliphatic carbocycles. The van der Waals surface area contributed by atoms with Crippen molar-refractivity contribution in [2.24, 2.45) is 0 Å². The minimum Gasteiger partial charge on any atom is -0.451 e. The summed E-state index contributed by atoms with van der Waals surface area (Å²) in [7, 11) is 0. The highest BCUT2D eigenvalue weighted by molar-refractivity contribution is 7.21. The predicted octanol–water partition coefficient (Wildman–Crippen LogP) is 4.30. The fourth-order valence-electron chi connectivity index (χ4n) is 2.04. The van der Waals surface area contributed by atoms with Gasteiger partial charge in [0.05, 0.1) is 11.1 Å². The summed E-state index contributed by atoms with van der Waals surface area (Å²) in [4.78, 5) is 24.1. The van der Waals surface area contributed by atoms with Crippen LogP contribution in [0.5, 0.6) is 0 Å². The lowest BCUT2D eigenvalue weighted by Gasteiger charge is -2.08. The molecule has 5 nitrogen and oxygen atoms in total. The van der Waals surface area contributed by atoms with Gasteiger partial charge in [-0.1, -0.05) is 29.3 Å². The third-order valence-electron chi connectivity index (χ3n) is 3.21. The topological polar surface area (TPSA) is 64.6 Å². The molecule has 0 fully saturated rings. The monoisotopic (exact) mass is 403 g/mol. The predicted molar refractivity (Wildman–Crippen MR) is 101 cm³/mol. The zero-order chi connectivity index (χ0) is 18.4. The summed E-state index contributed by atoms with van der Waals surface area (Å²) in [6.45, 7) is 4.58. The van der Waals surface area contributed by atoms with Crippen molar-refractivity contribution >= 4 is 56.5 Å². The number of fused-ring (bicyclic) bond motifs is 1. The van der Waals surface area contributed by atoms with Crippen molar-refractivity contribution in [3.63, 3.8) is 0 Å². The number of ether oxygens (including phenoxy) is 2. The average Bonchev–Trinajstić information content (AvgIpc) is 2.88. The largest absolute Gasteiger partial charge is 0.451 e. The van der Waals surface area contributed by atoms with E-state index in [4.69, 9.17) is 32.7 Å². The molecule has 0 bridgehead atoms. The van der Waals surface area contributed by atoms with Crippen molar-refractivity contribution in [2.75, 3.05) is 19.8 Å². The van der Waals surface area contributed by atoms with Crippen molar-refractivity contribution in [2.45, 2.75) is 26.4 Å². The van der Waals surface area contributed by atoms with Crippen LogP contribution in [0.4, 0.5) is 0 Å². The lowest BCUT2D eigenvalue weighted by atomic mass is 10.2. The molecule has 0 aliphatic rings. The highest BCUT2D eigenvalue weighted by Gasteiger charge is 2.19. The van der Waals surface area contributed by atoms with E-state index in [0.717, 1.165) is 10.1 Å². The van der Waals surface area contributed by atoms with Crippen molar-refractivity contribution in [3.8, 4) is 0 Å². The van der Waals surface area contributed by atoms with E-state index in [0.29, 0.717) is 29.6 Å². The highest BCUT2D eigenvalue weighted by atomic mass is 35.5. The number of hydrogen-bond donors (Lipinski definition) is 1. The Balaban J connectivity index is 1.82. The molecule has 1 amide bonds. The molecule has 0 aliphatic heterocycles. The Bertz CT molecular complexity index is 760. The molecule has 25 heavy (non-hydrogen) atoms. The summed E-state index contributed by atoms with van der Waals surface area (Å²) in [5, 5.41) is 4.28. The van der Waals surface area contributed by atoms with E-state index in [1.54, 1.807) is 18.2 Å². The van der Waals surface area contributed by atoms with E-state index < -0.39 is 5.97 Å². The van der Waals surface area contributed by atoms with Gasteiger partial charge >= 0.3 is 5.97 Å². The minimum absolute atomic E-state index is 0.164. The van der Waals surface area contributed by atoms with Gasteiger partial charge in [0.2, 0.25) is 0 Å². The molecule has 1 aromatic heterocycles. The van der Waals surface area contributed by atoms with Crippen molar-refractivity contribution < 1.29 is 19.1 Å². The number of rotatable bonds is 8. The summed E-state index contributed by atoms with van der Waals surface area (Å²) >= 11 is 13.3. The van der Waals surface area contributed by atoms with Crippen LogP contribution in [0.15, 0.2) is 18.2 Å². The second kappa shape index (κ2) is 9.38. The van der Waals surface area contributed by atoms with Crippen LogP contribution in [0.25, 0.3) is 10.1 Å². The first kappa shape index (κ1) is 20.0. The first-order valence-corrected chi connectivity index (χ1v) is 9.38. The maximum atomic E-state index is 12.1. The van der Waals surface area contributed by atoms with Crippen LogP contribution in [0.1, 0.15) is 29.9 Å². The number of hydrogen-bond acceptors (Lipinski definition) is 5. The van der Waals surface area contributed by atoms with Gasteiger partial charge in [-0.2, -0.15) is 0 Å². The molecular weight excluding hydrogens is 385 g/mol. The maximum Gasteiger partial charge on any atom is 0.350 e. The second-order valence-corrected chi connectivity index (χ2v) is 7.45. The van der Waals surface area contributed by atoms with Crippen LogP contribution >= 0.6 is 34.5 Å². The van der Waals surface area contributed by atoms with Crippen LogP contribution in [-0.4, -0.2) is 37.7 Å². The SMILES string of the molecule is CC(C)OCCCNC(=O)COC(=O)c1sc2cc(Cl)ccc2c1Cl. The van der Waals surface area contributed by atoms with E-state index in [1.807, 2.05) is 13.8 Å². The zero-order valence-electron chi connectivity index (χ0n) is 13.9. The van der Waals surface area contributed by atoms with Gasteiger partial charge in [0, 0.05) is 28.3 Å². The van der Waals surface area contributed by atoms with Gasteiger partial charge in [-0.05, 0) is 32.4 Å². The molecule has 2 rings (SSSR count). The van der Waals surface area contributed by atoms with E-state index in [2.05, 4.69) is 5.32 Å². The van der Waals surface area contributed by atoms with Gasteiger partial charge in [-0.3, -0.25) is 4.79 Å². The summed E-state index contributed by atoms with van der Waals surface area (Å²) < 4.78 is 11.2. The van der Waals surface area contributed by atoms with Gasteiger partial charge in [-0.25, -0.2) is 4.79 Å². The standard InChI is InChI=1S/C17H19Cl2NO4S/c1-10(2)23-7-3-6-20-14(21)9-24-17(22)16-15(19)12-5-4-11(18)8-13(12)25-16/h4-5,8,10H,3,6-7,9H2,1-2H3,(H,20,21). The molecule has 1 N–H and O–H groups in total.